The Labute approximate surface area is 170 Å². The van der Waals surface area contributed by atoms with Crippen molar-refractivity contribution in [3.8, 4) is 33.3 Å². The Morgan fingerprint density at radius 1 is 1.15 bits per heavy atom. The maximum Gasteiger partial charge on any atom is 0.133 e. The summed E-state index contributed by atoms with van der Waals surface area (Å²) in [6, 6.07) is 7.64. The summed E-state index contributed by atoms with van der Waals surface area (Å²) in [5.74, 6) is 1.53. The summed E-state index contributed by atoms with van der Waals surface area (Å²) in [5, 5.41) is 10.6. The third-order valence-corrected chi connectivity index (χ3v) is 6.71. The molecule has 0 saturated heterocycles. The van der Waals surface area contributed by atoms with E-state index in [0.717, 1.165) is 42.4 Å². The molecule has 0 unspecified atom stereocenters. The van der Waals surface area contributed by atoms with Crippen molar-refractivity contribution >= 4 is 52.7 Å². The topological polar surface area (TPSA) is 81.2 Å². The number of halogens is 1. The molecular weight excluding hydrogens is 410 g/mol. The van der Waals surface area contributed by atoms with E-state index in [4.69, 9.17) is 25.6 Å². The van der Waals surface area contributed by atoms with Crippen LogP contribution in [0.1, 0.15) is 4.88 Å². The maximum atomic E-state index is 7.65. The van der Waals surface area contributed by atoms with Crippen LogP contribution in [-0.4, -0.2) is 31.3 Å². The number of benzene rings is 1. The normalized spacial score (nSPS) is 10.3. The molecule has 1 aromatic carbocycles. The lowest BCUT2D eigenvalue weighted by Gasteiger charge is -2.06. The third kappa shape index (κ3) is 4.15. The minimum absolute atomic E-state index is 0. The molecule has 0 saturated carbocycles. The largest absolute Gasteiger partial charge is 0.497 e. The molecule has 0 aliphatic rings. The molecule has 0 radical (unpaired) electrons. The Bertz CT molecular complexity index is 902. The van der Waals surface area contributed by atoms with Gasteiger partial charge in [-0.2, -0.15) is 0 Å². The first-order chi connectivity index (χ1) is 12.0. The minimum atomic E-state index is 0. The van der Waals surface area contributed by atoms with Crippen LogP contribution in [0.3, 0.4) is 0 Å². The molecule has 9 heteroatoms. The average molecular weight is 428 g/mol. The van der Waals surface area contributed by atoms with Crippen molar-refractivity contribution in [2.75, 3.05) is 20.5 Å². The molecule has 0 aliphatic carbocycles. The number of amidine groups is 1. The predicted octanol–water partition coefficient (Wildman–Crippen LogP) is 4.98. The number of hydrogen-bond acceptors (Lipinski definition) is 7. The highest BCUT2D eigenvalue weighted by Crippen LogP contribution is 2.40. The van der Waals surface area contributed by atoms with Crippen LogP contribution < -0.4 is 15.2 Å². The summed E-state index contributed by atoms with van der Waals surface area (Å²) >= 11 is 4.73. The first-order valence-corrected chi connectivity index (χ1v) is 10.2. The lowest BCUT2D eigenvalue weighted by Crippen LogP contribution is -2.08. The predicted molar refractivity (Wildman–Crippen MR) is 114 cm³/mol. The van der Waals surface area contributed by atoms with Gasteiger partial charge in [-0.15, -0.1) is 46.8 Å². The standard InChI is InChI=1S/C17H17N3O2S3.ClH/c1-21-10-4-9(5-11(6-10)22-2)13-8-24-16(20-13)12-7-14(15(18)19)25-17(12)23-3;/h4-8H,1-3H3,(H3,18,19);1H. The first-order valence-electron chi connectivity index (χ1n) is 7.27. The number of thiazole rings is 1. The number of thiophene rings is 1. The summed E-state index contributed by atoms with van der Waals surface area (Å²) in [7, 11) is 3.26. The Kier molecular flexibility index (Phi) is 6.94. The van der Waals surface area contributed by atoms with E-state index >= 15 is 0 Å². The molecule has 0 spiro atoms. The van der Waals surface area contributed by atoms with Gasteiger partial charge >= 0.3 is 0 Å². The van der Waals surface area contributed by atoms with Crippen LogP contribution in [0.4, 0.5) is 0 Å². The SMILES string of the molecule is COc1cc(OC)cc(-c2csc(-c3cc(C(=N)N)sc3SC)n2)c1.Cl. The Morgan fingerprint density at radius 3 is 2.35 bits per heavy atom. The third-order valence-electron chi connectivity index (χ3n) is 3.53. The lowest BCUT2D eigenvalue weighted by molar-refractivity contribution is 0.394. The summed E-state index contributed by atoms with van der Waals surface area (Å²) in [4.78, 5) is 5.54. The molecule has 3 aromatic rings. The van der Waals surface area contributed by atoms with E-state index in [-0.39, 0.29) is 18.2 Å². The summed E-state index contributed by atoms with van der Waals surface area (Å²) in [5.41, 5.74) is 8.45. The Hall–Kier alpha value is -1.74. The maximum absolute atomic E-state index is 7.65. The second kappa shape index (κ2) is 8.77. The summed E-state index contributed by atoms with van der Waals surface area (Å²) < 4.78 is 11.8. The van der Waals surface area contributed by atoms with Crippen molar-refractivity contribution in [1.82, 2.24) is 4.98 Å². The van der Waals surface area contributed by atoms with Gasteiger partial charge in [0.1, 0.15) is 22.3 Å². The quantitative estimate of drug-likeness (QED) is 0.329. The van der Waals surface area contributed by atoms with Crippen molar-refractivity contribution in [2.45, 2.75) is 4.21 Å². The molecule has 2 aromatic heterocycles. The smallest absolute Gasteiger partial charge is 0.133 e. The van der Waals surface area contributed by atoms with E-state index in [0.29, 0.717) is 0 Å². The van der Waals surface area contributed by atoms with Crippen LogP contribution in [0, 0.1) is 5.41 Å². The molecule has 0 fully saturated rings. The highest BCUT2D eigenvalue weighted by Gasteiger charge is 2.16. The molecule has 5 nitrogen and oxygen atoms in total. The van der Waals surface area contributed by atoms with Crippen molar-refractivity contribution in [3.63, 3.8) is 0 Å². The van der Waals surface area contributed by atoms with E-state index in [1.165, 1.54) is 11.3 Å². The fraction of sp³-hybridized carbons (Fsp3) is 0.176. The number of ether oxygens (including phenoxy) is 2. The molecular formula is C17H18ClN3O2S3. The van der Waals surface area contributed by atoms with E-state index in [1.807, 2.05) is 35.9 Å². The van der Waals surface area contributed by atoms with Gasteiger partial charge in [0.05, 0.1) is 29.0 Å². The minimum Gasteiger partial charge on any atom is -0.497 e. The van der Waals surface area contributed by atoms with Gasteiger partial charge in [0, 0.05) is 22.6 Å². The number of rotatable bonds is 6. The van der Waals surface area contributed by atoms with Crippen LogP contribution in [-0.2, 0) is 0 Å². The molecule has 2 heterocycles. The van der Waals surface area contributed by atoms with Crippen LogP contribution >= 0.6 is 46.8 Å². The molecule has 0 aliphatic heterocycles. The van der Waals surface area contributed by atoms with Gasteiger partial charge in [-0.3, -0.25) is 5.41 Å². The number of nitrogens with zero attached hydrogens (tertiary/aromatic N) is 1. The first kappa shape index (κ1) is 20.6. The number of nitrogens with two attached hydrogens (primary N) is 1. The average Bonchev–Trinajstić information content (AvgIpc) is 3.27. The molecule has 0 amide bonds. The number of thioether (sulfide) groups is 1. The lowest BCUT2D eigenvalue weighted by atomic mass is 10.1. The Balaban J connectivity index is 0.00000243. The van der Waals surface area contributed by atoms with Crippen LogP contribution in [0.15, 0.2) is 33.9 Å². The van der Waals surface area contributed by atoms with Crippen molar-refractivity contribution in [1.29, 1.82) is 5.41 Å². The second-order valence-corrected chi connectivity index (χ2v) is 8.05. The van der Waals surface area contributed by atoms with Gasteiger partial charge in [-0.25, -0.2) is 4.98 Å². The van der Waals surface area contributed by atoms with Gasteiger partial charge in [-0.05, 0) is 24.5 Å². The van der Waals surface area contributed by atoms with E-state index in [2.05, 4.69) is 0 Å². The number of nitrogen functional groups attached to an aromatic ring is 1. The van der Waals surface area contributed by atoms with Crippen LogP contribution in [0.5, 0.6) is 11.5 Å². The number of nitrogens with one attached hydrogen (secondary N) is 1. The van der Waals surface area contributed by atoms with Crippen molar-refractivity contribution < 1.29 is 9.47 Å². The summed E-state index contributed by atoms with van der Waals surface area (Å²) in [6.07, 6.45) is 2.01. The summed E-state index contributed by atoms with van der Waals surface area (Å²) in [6.45, 7) is 0. The Morgan fingerprint density at radius 2 is 1.81 bits per heavy atom. The van der Waals surface area contributed by atoms with Gasteiger partial charge in [0.2, 0.25) is 0 Å². The van der Waals surface area contributed by atoms with Gasteiger partial charge in [0.15, 0.2) is 0 Å². The van der Waals surface area contributed by atoms with Crippen LogP contribution in [0.2, 0.25) is 0 Å². The molecule has 138 valence electrons. The van der Waals surface area contributed by atoms with E-state index in [9.17, 15) is 0 Å². The number of hydrogen-bond donors (Lipinski definition) is 2. The molecule has 3 rings (SSSR count). The van der Waals surface area contributed by atoms with Gasteiger partial charge in [-0.1, -0.05) is 0 Å². The van der Waals surface area contributed by atoms with Crippen molar-refractivity contribution in [3.05, 3.63) is 34.5 Å². The van der Waals surface area contributed by atoms with Gasteiger partial charge < -0.3 is 15.2 Å². The number of aromatic nitrogens is 1. The fourth-order valence-corrected chi connectivity index (χ4v) is 5.00. The zero-order valence-corrected chi connectivity index (χ0v) is 17.6. The zero-order valence-electron chi connectivity index (χ0n) is 14.4. The van der Waals surface area contributed by atoms with E-state index < -0.39 is 0 Å². The highest BCUT2D eigenvalue weighted by molar-refractivity contribution is 8.00. The molecule has 26 heavy (non-hydrogen) atoms. The van der Waals surface area contributed by atoms with Crippen LogP contribution in [0.25, 0.3) is 21.8 Å². The molecule has 3 N–H and O–H groups in total. The second-order valence-electron chi connectivity index (χ2n) is 5.07. The molecule has 0 bridgehead atoms. The highest BCUT2D eigenvalue weighted by atomic mass is 35.5. The van der Waals surface area contributed by atoms with E-state index in [1.54, 1.807) is 37.3 Å². The molecule has 0 atom stereocenters. The fourth-order valence-electron chi connectivity index (χ4n) is 2.29. The number of methoxy groups -OCH3 is 2. The van der Waals surface area contributed by atoms with Gasteiger partial charge in [0.25, 0.3) is 0 Å². The zero-order chi connectivity index (χ0) is 18.0. The monoisotopic (exact) mass is 427 g/mol. The van der Waals surface area contributed by atoms with Crippen molar-refractivity contribution in [2.24, 2.45) is 5.73 Å².